The number of hydrogen-bond donors (Lipinski definition) is 6. The zero-order chi connectivity index (χ0) is 42.9. The number of halogens is 3. The Morgan fingerprint density at radius 1 is 0.885 bits per heavy atom. The second-order valence-electron chi connectivity index (χ2n) is 14.9. The summed E-state index contributed by atoms with van der Waals surface area (Å²) in [5.41, 5.74) is 2.49. The molecule has 0 radical (unpaired) electrons. The standard InChI is InChI=1S/C42H48F3N11O5/c1-2-33(57)52-30-23-31(36(35(30)58)61-39(59)42(43,44)45)56-25-50-34-37(49-24-29(26-11-5-3-6-12-26)27-13-7-4-8-14-27)53-40(54-38(34)56)47-19-20-48-41(60)51-28-16-21-55(22-17-28)32-15-9-10-18-46-32/h3-15,18,25,28-31,35-36,58H,2,16-17,19-24H2,1H3,(H,52,57)(H2,48,51,60)(H2,47,49,53,54)/t30-,31+,35+,36-/m0/s1. The van der Waals surface area contributed by atoms with E-state index >= 15 is 0 Å². The van der Waals surface area contributed by atoms with Gasteiger partial charge in [0, 0.05) is 57.3 Å². The van der Waals surface area contributed by atoms with Crippen LogP contribution in [0.15, 0.2) is 91.4 Å². The van der Waals surface area contributed by atoms with Gasteiger partial charge in [0.1, 0.15) is 11.9 Å². The molecule has 1 aliphatic carbocycles. The molecule has 0 unspecified atom stereocenters. The predicted octanol–water partition coefficient (Wildman–Crippen LogP) is 4.52. The van der Waals surface area contributed by atoms with Crippen LogP contribution >= 0.6 is 0 Å². The van der Waals surface area contributed by atoms with E-state index < -0.39 is 42.3 Å². The Morgan fingerprint density at radius 3 is 2.21 bits per heavy atom. The van der Waals surface area contributed by atoms with E-state index in [0.29, 0.717) is 12.4 Å². The van der Waals surface area contributed by atoms with Crippen molar-refractivity contribution < 1.29 is 37.4 Å². The Kier molecular flexibility index (Phi) is 13.5. The number of rotatable bonds is 15. The molecule has 1 saturated carbocycles. The lowest BCUT2D eigenvalue weighted by molar-refractivity contribution is -0.209. The minimum Gasteiger partial charge on any atom is -0.451 e. The summed E-state index contributed by atoms with van der Waals surface area (Å²) in [4.78, 5) is 57.9. The summed E-state index contributed by atoms with van der Waals surface area (Å²) in [6, 6.07) is 23.0. The van der Waals surface area contributed by atoms with Gasteiger partial charge < -0.3 is 45.9 Å². The predicted molar refractivity (Wildman–Crippen MR) is 221 cm³/mol. The lowest BCUT2D eigenvalue weighted by atomic mass is 9.91. The molecule has 0 bridgehead atoms. The fraction of sp³-hybridized carbons (Fsp3) is 0.405. The van der Waals surface area contributed by atoms with Gasteiger partial charge in [0.05, 0.1) is 18.4 Å². The number of carbonyl (C=O) groups excluding carboxylic acids is 3. The number of fused-ring (bicyclic) bond motifs is 1. The summed E-state index contributed by atoms with van der Waals surface area (Å²) in [6.07, 6.45) is -4.17. The van der Waals surface area contributed by atoms with Gasteiger partial charge in [-0.1, -0.05) is 73.7 Å². The summed E-state index contributed by atoms with van der Waals surface area (Å²) in [5.74, 6) is -1.75. The molecular formula is C42H48F3N11O5. The van der Waals surface area contributed by atoms with E-state index in [0.717, 1.165) is 42.9 Å². The Labute approximate surface area is 349 Å². The van der Waals surface area contributed by atoms with E-state index in [4.69, 9.17) is 9.72 Å². The van der Waals surface area contributed by atoms with Crippen molar-refractivity contribution in [3.8, 4) is 0 Å². The number of imidazole rings is 1. The smallest absolute Gasteiger partial charge is 0.451 e. The topological polar surface area (TPSA) is 201 Å². The van der Waals surface area contributed by atoms with Gasteiger partial charge in [-0.05, 0) is 42.5 Å². The fourth-order valence-electron chi connectivity index (χ4n) is 7.79. The number of alkyl halides is 3. The molecule has 2 aromatic carbocycles. The number of aromatic nitrogens is 5. The van der Waals surface area contributed by atoms with E-state index in [1.807, 2.05) is 78.9 Å². The largest absolute Gasteiger partial charge is 0.490 e. The first kappa shape index (κ1) is 42.6. The maximum Gasteiger partial charge on any atom is 0.490 e. The number of pyridine rings is 1. The van der Waals surface area contributed by atoms with Crippen molar-refractivity contribution in [2.45, 2.75) is 75.0 Å². The van der Waals surface area contributed by atoms with Gasteiger partial charge in [-0.25, -0.2) is 19.6 Å². The number of amides is 3. The highest BCUT2D eigenvalue weighted by atomic mass is 19.4. The molecule has 6 N–H and O–H groups in total. The first-order valence-electron chi connectivity index (χ1n) is 20.3. The van der Waals surface area contributed by atoms with Crippen LogP contribution in [0.3, 0.4) is 0 Å². The van der Waals surface area contributed by atoms with Crippen LogP contribution in [-0.2, 0) is 14.3 Å². The number of nitrogens with zero attached hydrogens (tertiary/aromatic N) is 6. The number of ether oxygens (including phenoxy) is 1. The third-order valence-corrected chi connectivity index (χ3v) is 10.9. The molecule has 16 nitrogen and oxygen atoms in total. The van der Waals surface area contributed by atoms with Gasteiger partial charge in [0.2, 0.25) is 11.9 Å². The van der Waals surface area contributed by atoms with Crippen LogP contribution in [0.2, 0.25) is 0 Å². The molecule has 2 fully saturated rings. The highest BCUT2D eigenvalue weighted by Crippen LogP contribution is 2.38. The zero-order valence-corrected chi connectivity index (χ0v) is 33.4. The summed E-state index contributed by atoms with van der Waals surface area (Å²) in [6.45, 7) is 3.85. The molecule has 61 heavy (non-hydrogen) atoms. The quantitative estimate of drug-likeness (QED) is 0.0637. The van der Waals surface area contributed by atoms with Gasteiger partial charge in [-0.3, -0.25) is 4.79 Å². The molecule has 322 valence electrons. The first-order valence-corrected chi connectivity index (χ1v) is 20.3. The Hall–Kier alpha value is -6.50. The fourth-order valence-corrected chi connectivity index (χ4v) is 7.79. The minimum absolute atomic E-state index is 0.00796. The maximum atomic E-state index is 13.5. The van der Waals surface area contributed by atoms with Crippen molar-refractivity contribution >= 4 is 46.7 Å². The first-order chi connectivity index (χ1) is 29.5. The van der Waals surface area contributed by atoms with Crippen LogP contribution in [0.4, 0.5) is 35.5 Å². The molecule has 4 heterocycles. The second kappa shape index (κ2) is 19.3. The monoisotopic (exact) mass is 843 g/mol. The summed E-state index contributed by atoms with van der Waals surface area (Å²) >= 11 is 0. The average Bonchev–Trinajstić information content (AvgIpc) is 3.83. The lowest BCUT2D eigenvalue weighted by Gasteiger charge is -2.33. The van der Waals surface area contributed by atoms with Gasteiger partial charge in [0.15, 0.2) is 23.1 Å². The van der Waals surface area contributed by atoms with Crippen LogP contribution < -0.4 is 31.5 Å². The van der Waals surface area contributed by atoms with Crippen molar-refractivity contribution in [1.82, 2.24) is 40.5 Å². The molecule has 3 aromatic heterocycles. The van der Waals surface area contributed by atoms with E-state index in [1.165, 1.54) is 10.9 Å². The molecule has 19 heteroatoms. The van der Waals surface area contributed by atoms with E-state index in [1.54, 1.807) is 13.1 Å². The number of hydrogen-bond acceptors (Lipinski definition) is 12. The molecule has 0 spiro atoms. The molecule has 3 amide bonds. The molecular weight excluding hydrogens is 796 g/mol. The lowest BCUT2D eigenvalue weighted by Crippen LogP contribution is -2.48. The number of carbonyl (C=O) groups is 3. The summed E-state index contributed by atoms with van der Waals surface area (Å²) < 4.78 is 46.8. The van der Waals surface area contributed by atoms with Crippen molar-refractivity contribution in [3.63, 3.8) is 0 Å². The Morgan fingerprint density at radius 2 is 1.57 bits per heavy atom. The summed E-state index contributed by atoms with van der Waals surface area (Å²) in [7, 11) is 0. The number of esters is 1. The van der Waals surface area contributed by atoms with Crippen LogP contribution in [0.25, 0.3) is 11.2 Å². The molecule has 4 atom stereocenters. The van der Waals surface area contributed by atoms with Crippen molar-refractivity contribution in [2.75, 3.05) is 48.3 Å². The molecule has 7 rings (SSSR count). The van der Waals surface area contributed by atoms with E-state index in [2.05, 4.69) is 46.4 Å². The Balaban J connectivity index is 1.11. The summed E-state index contributed by atoms with van der Waals surface area (Å²) in [5, 5.41) is 26.2. The third-order valence-electron chi connectivity index (χ3n) is 10.9. The van der Waals surface area contributed by atoms with E-state index in [-0.39, 0.29) is 61.0 Å². The van der Waals surface area contributed by atoms with Gasteiger partial charge in [-0.2, -0.15) is 23.1 Å². The number of aliphatic hydroxyl groups excluding tert-OH is 1. The van der Waals surface area contributed by atoms with Crippen molar-refractivity contribution in [2.24, 2.45) is 0 Å². The number of piperidine rings is 1. The van der Waals surface area contributed by atoms with Crippen LogP contribution in [-0.4, -0.2) is 111 Å². The normalized spacial score (nSPS) is 19.4. The number of urea groups is 1. The number of nitrogens with one attached hydrogen (secondary N) is 5. The minimum atomic E-state index is -5.33. The number of anilines is 3. The SMILES string of the molecule is CCC(=O)N[C@H]1C[C@@H](n2cnc3c(NCC(c4ccccc4)c4ccccc4)nc(NCCNC(=O)NC4CCN(c5ccccn5)CC4)nc32)[C@H](OC(=O)C(F)(F)F)[C@@H]1O. The molecule has 2 aliphatic rings. The highest BCUT2D eigenvalue weighted by Gasteiger charge is 2.51. The highest BCUT2D eigenvalue weighted by molar-refractivity contribution is 5.85. The second-order valence-corrected chi connectivity index (χ2v) is 14.9. The number of benzene rings is 2. The third kappa shape index (κ3) is 10.5. The van der Waals surface area contributed by atoms with Gasteiger partial charge in [0.25, 0.3) is 0 Å². The van der Waals surface area contributed by atoms with Crippen LogP contribution in [0.5, 0.6) is 0 Å². The van der Waals surface area contributed by atoms with Gasteiger partial charge in [-0.15, -0.1) is 0 Å². The zero-order valence-electron chi connectivity index (χ0n) is 33.4. The van der Waals surface area contributed by atoms with Crippen LogP contribution in [0.1, 0.15) is 55.7 Å². The average molecular weight is 844 g/mol. The molecule has 5 aromatic rings. The maximum absolute atomic E-state index is 13.5. The van der Waals surface area contributed by atoms with E-state index in [9.17, 15) is 32.7 Å². The van der Waals surface area contributed by atoms with Crippen LogP contribution in [0, 0.1) is 0 Å². The molecule has 1 saturated heterocycles. The van der Waals surface area contributed by atoms with Gasteiger partial charge >= 0.3 is 18.2 Å². The van der Waals surface area contributed by atoms with Crippen molar-refractivity contribution in [1.29, 1.82) is 0 Å². The van der Waals surface area contributed by atoms with Crippen molar-refractivity contribution in [3.05, 3.63) is 103 Å². The Bertz CT molecular complexity index is 2200. The molecule has 1 aliphatic heterocycles. The number of aliphatic hydroxyl groups is 1.